The largest absolute Gasteiger partial charge is 0.476 e. The number of carbonyl (C=O) groups is 3. The fraction of sp³-hybridized carbons (Fsp3) is 0.450. The lowest BCUT2D eigenvalue weighted by molar-refractivity contribution is -0.138. The second-order valence-corrected chi connectivity index (χ2v) is 8.38. The Hall–Kier alpha value is -3.23. The van der Waals surface area contributed by atoms with Gasteiger partial charge in [0.25, 0.3) is 0 Å². The normalized spacial score (nSPS) is 16.7. The zero-order valence-corrected chi connectivity index (χ0v) is 16.8. The van der Waals surface area contributed by atoms with Crippen molar-refractivity contribution in [2.75, 3.05) is 11.9 Å². The molecule has 2 aromatic rings. The first-order valence-corrected chi connectivity index (χ1v) is 9.50. The number of likely N-dealkylation sites (tertiary alicyclic amines) is 1. The molecule has 1 atom stereocenters. The third-order valence-electron chi connectivity index (χ3n) is 4.65. The number of rotatable bonds is 5. The van der Waals surface area contributed by atoms with Crippen molar-refractivity contribution in [2.24, 2.45) is 5.41 Å². The average molecular weight is 399 g/mol. The molecule has 1 unspecified atom stereocenters. The van der Waals surface area contributed by atoms with Crippen LogP contribution in [0.1, 0.15) is 50.5 Å². The van der Waals surface area contributed by atoms with Gasteiger partial charge in [0.15, 0.2) is 5.69 Å². The van der Waals surface area contributed by atoms with E-state index in [1.165, 1.54) is 10.9 Å². The molecule has 9 heteroatoms. The molecule has 0 saturated carbocycles. The molecule has 9 nitrogen and oxygen atoms in total. The Kier molecular flexibility index (Phi) is 5.67. The Morgan fingerprint density at radius 2 is 2.03 bits per heavy atom. The molecule has 0 spiro atoms. The maximum Gasteiger partial charge on any atom is 0.358 e. The Balaban J connectivity index is 1.71. The number of hydrogen-bond acceptors (Lipinski definition) is 5. The second kappa shape index (κ2) is 8.02. The molecule has 1 saturated heterocycles. The van der Waals surface area contributed by atoms with Crippen molar-refractivity contribution in [3.8, 4) is 5.69 Å². The minimum atomic E-state index is -1.16. The van der Waals surface area contributed by atoms with Gasteiger partial charge in [-0.25, -0.2) is 9.48 Å². The zero-order chi connectivity index (χ0) is 21.2. The van der Waals surface area contributed by atoms with Crippen LogP contribution in [0, 0.1) is 5.41 Å². The molecule has 1 aliphatic heterocycles. The van der Waals surface area contributed by atoms with Crippen LogP contribution in [0.3, 0.4) is 0 Å². The maximum atomic E-state index is 12.8. The molecule has 29 heavy (non-hydrogen) atoms. The summed E-state index contributed by atoms with van der Waals surface area (Å²) < 4.78 is 1.33. The highest BCUT2D eigenvalue weighted by atomic mass is 16.4. The molecule has 2 amide bonds. The summed E-state index contributed by atoms with van der Waals surface area (Å²) >= 11 is 0. The maximum absolute atomic E-state index is 12.8. The lowest BCUT2D eigenvalue weighted by Gasteiger charge is -2.27. The zero-order valence-electron chi connectivity index (χ0n) is 16.8. The molecule has 2 heterocycles. The first kappa shape index (κ1) is 20.5. The predicted octanol–water partition coefficient (Wildman–Crippen LogP) is 2.33. The molecule has 0 bridgehead atoms. The number of nitrogens with one attached hydrogen (secondary N) is 1. The van der Waals surface area contributed by atoms with Crippen molar-refractivity contribution in [1.29, 1.82) is 0 Å². The second-order valence-electron chi connectivity index (χ2n) is 8.38. The molecule has 1 aliphatic rings. The summed E-state index contributed by atoms with van der Waals surface area (Å²) in [5, 5.41) is 19.2. The van der Waals surface area contributed by atoms with E-state index in [0.717, 1.165) is 6.42 Å². The van der Waals surface area contributed by atoms with Gasteiger partial charge in [-0.3, -0.25) is 9.59 Å². The SMILES string of the molecule is CC(C)(C)CC(=O)N1CCCC1C(=O)Nc1cccc(-n2cc(C(=O)O)nn2)c1. The van der Waals surface area contributed by atoms with Crippen molar-refractivity contribution < 1.29 is 19.5 Å². The van der Waals surface area contributed by atoms with Gasteiger partial charge in [-0.05, 0) is 36.5 Å². The van der Waals surface area contributed by atoms with Crippen LogP contribution in [0.2, 0.25) is 0 Å². The topological polar surface area (TPSA) is 117 Å². The lowest BCUT2D eigenvalue weighted by Crippen LogP contribution is -2.44. The molecular weight excluding hydrogens is 374 g/mol. The summed E-state index contributed by atoms with van der Waals surface area (Å²) in [6.07, 6.45) is 3.12. The summed E-state index contributed by atoms with van der Waals surface area (Å²) in [6.45, 7) is 6.59. The van der Waals surface area contributed by atoms with Gasteiger partial charge in [-0.1, -0.05) is 32.1 Å². The van der Waals surface area contributed by atoms with Crippen molar-refractivity contribution >= 4 is 23.5 Å². The molecule has 3 rings (SSSR count). The highest BCUT2D eigenvalue weighted by Gasteiger charge is 2.35. The molecule has 154 valence electrons. The van der Waals surface area contributed by atoms with Gasteiger partial charge >= 0.3 is 5.97 Å². The van der Waals surface area contributed by atoms with Crippen molar-refractivity contribution in [3.05, 3.63) is 36.2 Å². The van der Waals surface area contributed by atoms with Crippen LogP contribution < -0.4 is 5.32 Å². The van der Waals surface area contributed by atoms with E-state index in [1.807, 2.05) is 20.8 Å². The van der Waals surface area contributed by atoms with E-state index in [4.69, 9.17) is 5.11 Å². The van der Waals surface area contributed by atoms with E-state index in [0.29, 0.717) is 30.8 Å². The van der Waals surface area contributed by atoms with Gasteiger partial charge in [0.1, 0.15) is 6.04 Å². The number of aromatic nitrogens is 3. The van der Waals surface area contributed by atoms with Crippen LogP contribution in [-0.2, 0) is 9.59 Å². The molecule has 1 fully saturated rings. The van der Waals surface area contributed by atoms with Gasteiger partial charge < -0.3 is 15.3 Å². The highest BCUT2D eigenvalue weighted by Crippen LogP contribution is 2.25. The van der Waals surface area contributed by atoms with E-state index in [2.05, 4.69) is 15.6 Å². The Morgan fingerprint density at radius 1 is 1.28 bits per heavy atom. The fourth-order valence-corrected chi connectivity index (χ4v) is 3.33. The lowest BCUT2D eigenvalue weighted by atomic mass is 9.91. The number of benzene rings is 1. The third-order valence-corrected chi connectivity index (χ3v) is 4.65. The van der Waals surface area contributed by atoms with E-state index in [9.17, 15) is 14.4 Å². The highest BCUT2D eigenvalue weighted by molar-refractivity contribution is 5.97. The van der Waals surface area contributed by atoms with E-state index in [1.54, 1.807) is 29.2 Å². The fourth-order valence-electron chi connectivity index (χ4n) is 3.33. The smallest absolute Gasteiger partial charge is 0.358 e. The summed E-state index contributed by atoms with van der Waals surface area (Å²) in [6, 6.07) is 6.37. The van der Waals surface area contributed by atoms with E-state index < -0.39 is 12.0 Å². The Morgan fingerprint density at radius 3 is 2.69 bits per heavy atom. The minimum Gasteiger partial charge on any atom is -0.476 e. The van der Waals surface area contributed by atoms with Crippen LogP contribution in [0.5, 0.6) is 0 Å². The number of anilines is 1. The number of nitrogens with zero attached hydrogens (tertiary/aromatic N) is 4. The van der Waals surface area contributed by atoms with Gasteiger partial charge in [0, 0.05) is 18.7 Å². The number of amides is 2. The van der Waals surface area contributed by atoms with E-state index in [-0.39, 0.29) is 22.9 Å². The minimum absolute atomic E-state index is 0.00674. The van der Waals surface area contributed by atoms with Crippen LogP contribution in [0.4, 0.5) is 5.69 Å². The molecule has 1 aromatic carbocycles. The predicted molar refractivity (Wildman–Crippen MR) is 106 cm³/mol. The molecule has 0 aliphatic carbocycles. The number of carbonyl (C=O) groups excluding carboxylic acids is 2. The number of hydrogen-bond donors (Lipinski definition) is 2. The van der Waals surface area contributed by atoms with E-state index >= 15 is 0 Å². The number of aromatic carboxylic acids is 1. The molecular formula is C20H25N5O4. The van der Waals surface area contributed by atoms with Crippen molar-refractivity contribution in [2.45, 2.75) is 46.1 Å². The molecule has 1 aromatic heterocycles. The van der Waals surface area contributed by atoms with Crippen LogP contribution in [0.15, 0.2) is 30.5 Å². The first-order valence-electron chi connectivity index (χ1n) is 9.50. The van der Waals surface area contributed by atoms with Gasteiger partial charge in [-0.2, -0.15) is 0 Å². The Labute approximate surface area is 168 Å². The summed E-state index contributed by atoms with van der Waals surface area (Å²) in [7, 11) is 0. The molecule has 2 N–H and O–H groups in total. The molecule has 0 radical (unpaired) electrons. The average Bonchev–Trinajstić information content (AvgIpc) is 3.30. The Bertz CT molecular complexity index is 931. The van der Waals surface area contributed by atoms with Crippen LogP contribution in [0.25, 0.3) is 5.69 Å². The third kappa shape index (κ3) is 4.98. The van der Waals surface area contributed by atoms with Crippen LogP contribution >= 0.6 is 0 Å². The number of carboxylic acids is 1. The quantitative estimate of drug-likeness (QED) is 0.797. The van der Waals surface area contributed by atoms with Crippen molar-refractivity contribution in [3.63, 3.8) is 0 Å². The van der Waals surface area contributed by atoms with Gasteiger partial charge in [0.2, 0.25) is 11.8 Å². The first-order chi connectivity index (χ1) is 13.6. The number of carboxylic acid groups (broad SMARTS) is 1. The summed E-state index contributed by atoms with van der Waals surface area (Å²) in [5.74, 6) is -1.40. The standard InChI is InChI=1S/C20H25N5O4/c1-20(2,3)11-17(26)24-9-5-8-16(24)18(27)21-13-6-4-7-14(10-13)25-12-15(19(28)29)22-23-25/h4,6-7,10,12,16H,5,8-9,11H2,1-3H3,(H,21,27)(H,28,29). The van der Waals surface area contributed by atoms with Crippen molar-refractivity contribution in [1.82, 2.24) is 19.9 Å². The van der Waals surface area contributed by atoms with Crippen LogP contribution in [-0.4, -0.2) is 55.4 Å². The summed E-state index contributed by atoms with van der Waals surface area (Å²) in [5.41, 5.74) is 0.796. The van der Waals surface area contributed by atoms with Gasteiger partial charge in [-0.15, -0.1) is 5.10 Å². The van der Waals surface area contributed by atoms with Gasteiger partial charge in [0.05, 0.1) is 11.9 Å². The summed E-state index contributed by atoms with van der Waals surface area (Å²) in [4.78, 5) is 38.1. The monoisotopic (exact) mass is 399 g/mol.